The monoisotopic (exact) mass is 332 g/mol. The van der Waals surface area contributed by atoms with Crippen LogP contribution in [0.25, 0.3) is 11.3 Å². The largest absolute Gasteiger partial charge is 0.365 e. The number of nitrogens with zero attached hydrogens (tertiary/aromatic N) is 2. The number of nitrogens with one attached hydrogen (secondary N) is 2. The van der Waals surface area contributed by atoms with E-state index in [1.54, 1.807) is 0 Å². The smallest absolute Gasteiger partial charge is 0.148 e. The Morgan fingerprint density at radius 3 is 2.60 bits per heavy atom. The Kier molecular flexibility index (Phi) is 4.28. The van der Waals surface area contributed by atoms with Crippen molar-refractivity contribution < 1.29 is 0 Å². The minimum absolute atomic E-state index is 0.455. The van der Waals surface area contributed by atoms with Crippen LogP contribution >= 0.6 is 15.9 Å². The molecule has 1 fully saturated rings. The van der Waals surface area contributed by atoms with Gasteiger partial charge in [-0.05, 0) is 43.7 Å². The number of aromatic nitrogens is 2. The van der Waals surface area contributed by atoms with E-state index in [0.29, 0.717) is 6.04 Å². The molecule has 1 unspecified atom stereocenters. The van der Waals surface area contributed by atoms with Gasteiger partial charge in [0.1, 0.15) is 5.82 Å². The van der Waals surface area contributed by atoms with E-state index in [1.165, 1.54) is 12.8 Å². The number of hydrogen-bond acceptors (Lipinski definition) is 4. The number of rotatable bonds is 3. The first kappa shape index (κ1) is 13.5. The predicted molar refractivity (Wildman–Crippen MR) is 84.7 cm³/mol. The third-order valence-corrected chi connectivity index (χ3v) is 3.98. The van der Waals surface area contributed by atoms with Crippen molar-refractivity contribution in [3.05, 3.63) is 40.9 Å². The van der Waals surface area contributed by atoms with E-state index in [-0.39, 0.29) is 0 Å². The quantitative estimate of drug-likeness (QED) is 0.906. The van der Waals surface area contributed by atoms with Gasteiger partial charge < -0.3 is 10.6 Å². The lowest BCUT2D eigenvalue weighted by atomic mass is 10.1. The molecule has 2 heterocycles. The van der Waals surface area contributed by atoms with Gasteiger partial charge in [0.05, 0.1) is 5.69 Å². The molecule has 104 valence electrons. The Balaban J connectivity index is 1.69. The molecule has 1 aromatic heterocycles. The third kappa shape index (κ3) is 3.35. The van der Waals surface area contributed by atoms with E-state index in [9.17, 15) is 0 Å². The molecule has 1 saturated heterocycles. The summed E-state index contributed by atoms with van der Waals surface area (Å²) in [7, 11) is 0. The molecular formula is C15H17BrN4. The number of hydrogen-bond donors (Lipinski definition) is 2. The van der Waals surface area contributed by atoms with Crippen LogP contribution in [0.3, 0.4) is 0 Å². The van der Waals surface area contributed by atoms with Gasteiger partial charge in [0.25, 0.3) is 0 Å². The van der Waals surface area contributed by atoms with Gasteiger partial charge in [0.15, 0.2) is 0 Å². The van der Waals surface area contributed by atoms with Crippen LogP contribution in [0.2, 0.25) is 0 Å². The highest BCUT2D eigenvalue weighted by Crippen LogP contribution is 2.20. The number of anilines is 1. The molecule has 0 saturated carbocycles. The van der Waals surface area contributed by atoms with Crippen molar-refractivity contribution >= 4 is 21.7 Å². The zero-order chi connectivity index (χ0) is 13.8. The average molecular weight is 333 g/mol. The van der Waals surface area contributed by atoms with Gasteiger partial charge in [-0.3, -0.25) is 0 Å². The van der Waals surface area contributed by atoms with Gasteiger partial charge in [0, 0.05) is 22.6 Å². The first-order chi connectivity index (χ1) is 9.81. The minimum Gasteiger partial charge on any atom is -0.365 e. The second kappa shape index (κ2) is 6.33. The van der Waals surface area contributed by atoms with Crippen molar-refractivity contribution in [3.8, 4) is 11.3 Å². The predicted octanol–water partition coefficient (Wildman–Crippen LogP) is 3.07. The molecule has 0 amide bonds. The SMILES string of the molecule is Brc1ccc(-c2ccc(NC3CCCNC3)nn2)cc1. The van der Waals surface area contributed by atoms with E-state index in [4.69, 9.17) is 0 Å². The molecule has 0 radical (unpaired) electrons. The number of piperidine rings is 1. The second-order valence-corrected chi connectivity index (χ2v) is 5.91. The van der Waals surface area contributed by atoms with Crippen LogP contribution in [-0.2, 0) is 0 Å². The van der Waals surface area contributed by atoms with Crippen LogP contribution < -0.4 is 10.6 Å². The van der Waals surface area contributed by atoms with E-state index in [1.807, 2.05) is 36.4 Å². The molecule has 2 aromatic rings. The van der Waals surface area contributed by atoms with Crippen molar-refractivity contribution in [3.63, 3.8) is 0 Å². The lowest BCUT2D eigenvalue weighted by molar-refractivity contribution is 0.478. The van der Waals surface area contributed by atoms with Crippen LogP contribution in [0.4, 0.5) is 5.82 Å². The summed E-state index contributed by atoms with van der Waals surface area (Å²) in [5, 5.41) is 15.4. The van der Waals surface area contributed by atoms with Crippen molar-refractivity contribution in [2.45, 2.75) is 18.9 Å². The summed E-state index contributed by atoms with van der Waals surface area (Å²) in [5.74, 6) is 0.847. The van der Waals surface area contributed by atoms with Crippen molar-refractivity contribution in [2.24, 2.45) is 0 Å². The summed E-state index contributed by atoms with van der Waals surface area (Å²) < 4.78 is 1.07. The summed E-state index contributed by atoms with van der Waals surface area (Å²) in [6.07, 6.45) is 2.39. The molecule has 2 N–H and O–H groups in total. The van der Waals surface area contributed by atoms with Crippen LogP contribution in [0.5, 0.6) is 0 Å². The van der Waals surface area contributed by atoms with E-state index in [2.05, 4.69) is 36.8 Å². The van der Waals surface area contributed by atoms with E-state index in [0.717, 1.165) is 34.6 Å². The zero-order valence-corrected chi connectivity index (χ0v) is 12.7. The first-order valence-corrected chi connectivity index (χ1v) is 7.67. The average Bonchev–Trinajstić information content (AvgIpc) is 2.50. The standard InChI is InChI=1S/C15H17BrN4/c16-12-5-3-11(4-6-12)14-7-8-15(20-19-14)18-13-2-1-9-17-10-13/h3-8,13,17H,1-2,9-10H2,(H,18,20). The summed E-state index contributed by atoms with van der Waals surface area (Å²) in [4.78, 5) is 0. The molecule has 4 nitrogen and oxygen atoms in total. The maximum atomic E-state index is 4.30. The Bertz CT molecular complexity index is 547. The summed E-state index contributed by atoms with van der Waals surface area (Å²) in [6, 6.07) is 12.6. The normalized spacial score (nSPS) is 18.8. The summed E-state index contributed by atoms with van der Waals surface area (Å²) in [6.45, 7) is 2.11. The highest BCUT2D eigenvalue weighted by Gasteiger charge is 2.13. The van der Waals surface area contributed by atoms with Gasteiger partial charge >= 0.3 is 0 Å². The molecule has 0 bridgehead atoms. The molecule has 20 heavy (non-hydrogen) atoms. The highest BCUT2D eigenvalue weighted by molar-refractivity contribution is 9.10. The minimum atomic E-state index is 0.455. The lowest BCUT2D eigenvalue weighted by Gasteiger charge is -2.23. The van der Waals surface area contributed by atoms with Gasteiger partial charge in [-0.15, -0.1) is 10.2 Å². The van der Waals surface area contributed by atoms with Crippen molar-refractivity contribution in [2.75, 3.05) is 18.4 Å². The lowest BCUT2D eigenvalue weighted by Crippen LogP contribution is -2.38. The van der Waals surface area contributed by atoms with E-state index >= 15 is 0 Å². The molecule has 1 aromatic carbocycles. The van der Waals surface area contributed by atoms with Gasteiger partial charge in [-0.2, -0.15) is 0 Å². The Morgan fingerprint density at radius 2 is 1.95 bits per heavy atom. The third-order valence-electron chi connectivity index (χ3n) is 3.45. The topological polar surface area (TPSA) is 49.8 Å². The van der Waals surface area contributed by atoms with Crippen LogP contribution in [0, 0.1) is 0 Å². The molecule has 0 spiro atoms. The zero-order valence-electron chi connectivity index (χ0n) is 11.1. The van der Waals surface area contributed by atoms with Gasteiger partial charge in [-0.1, -0.05) is 28.1 Å². The Labute approximate surface area is 127 Å². The first-order valence-electron chi connectivity index (χ1n) is 6.88. The Hall–Kier alpha value is -1.46. The molecule has 0 aliphatic carbocycles. The molecule has 1 atom stereocenters. The maximum Gasteiger partial charge on any atom is 0.148 e. The highest BCUT2D eigenvalue weighted by atomic mass is 79.9. The van der Waals surface area contributed by atoms with Gasteiger partial charge in [-0.25, -0.2) is 0 Å². The molecular weight excluding hydrogens is 316 g/mol. The van der Waals surface area contributed by atoms with Crippen LogP contribution in [-0.4, -0.2) is 29.3 Å². The van der Waals surface area contributed by atoms with Crippen molar-refractivity contribution in [1.82, 2.24) is 15.5 Å². The number of halogens is 1. The summed E-state index contributed by atoms with van der Waals surface area (Å²) in [5.41, 5.74) is 1.97. The fourth-order valence-corrected chi connectivity index (χ4v) is 2.63. The summed E-state index contributed by atoms with van der Waals surface area (Å²) >= 11 is 3.43. The molecule has 1 aliphatic heterocycles. The molecule has 1 aliphatic rings. The van der Waals surface area contributed by atoms with Gasteiger partial charge in [0.2, 0.25) is 0 Å². The van der Waals surface area contributed by atoms with Crippen molar-refractivity contribution in [1.29, 1.82) is 0 Å². The Morgan fingerprint density at radius 1 is 1.10 bits per heavy atom. The molecule has 5 heteroatoms. The number of benzene rings is 1. The van der Waals surface area contributed by atoms with Crippen LogP contribution in [0.1, 0.15) is 12.8 Å². The van der Waals surface area contributed by atoms with Crippen LogP contribution in [0.15, 0.2) is 40.9 Å². The fourth-order valence-electron chi connectivity index (χ4n) is 2.37. The maximum absolute atomic E-state index is 4.30. The van der Waals surface area contributed by atoms with E-state index < -0.39 is 0 Å². The second-order valence-electron chi connectivity index (χ2n) is 5.00. The fraction of sp³-hybridized carbons (Fsp3) is 0.333. The molecule has 3 rings (SSSR count).